The molecule has 0 saturated carbocycles. The molecule has 84 valence electrons. The first-order valence-electron chi connectivity index (χ1n) is 4.94. The molecule has 4 nitrogen and oxygen atoms in total. The van der Waals surface area contributed by atoms with Gasteiger partial charge in [-0.3, -0.25) is 0 Å². The highest BCUT2D eigenvalue weighted by molar-refractivity contribution is 6.02. The molecule has 0 aliphatic heterocycles. The number of carbonyl (C=O) groups is 1. The van der Waals surface area contributed by atoms with Crippen molar-refractivity contribution >= 4 is 16.9 Å². The Bertz CT molecular complexity index is 569. The largest absolute Gasteiger partial charge is 0.505 e. The van der Waals surface area contributed by atoms with Gasteiger partial charge < -0.3 is 14.8 Å². The summed E-state index contributed by atoms with van der Waals surface area (Å²) in [6.07, 6.45) is 0. The molecular weight excluding hydrogens is 206 g/mol. The maximum Gasteiger partial charge on any atom is 0.358 e. The minimum atomic E-state index is -0.564. The summed E-state index contributed by atoms with van der Waals surface area (Å²) >= 11 is 0. The average molecular weight is 219 g/mol. The molecule has 2 aromatic rings. The zero-order chi connectivity index (χ0) is 11.9. The Kier molecular flexibility index (Phi) is 2.34. The quantitative estimate of drug-likeness (QED) is 0.723. The number of hydrogen-bond donors (Lipinski definition) is 2. The molecule has 0 aliphatic carbocycles. The van der Waals surface area contributed by atoms with Gasteiger partial charge in [-0.1, -0.05) is 6.07 Å². The maximum atomic E-state index is 11.4. The number of methoxy groups -OCH3 is 1. The SMILES string of the molecule is COC(=O)c1[nH]c2cc(C)cc(C)c2c1O. The van der Waals surface area contributed by atoms with Gasteiger partial charge in [0, 0.05) is 5.39 Å². The van der Waals surface area contributed by atoms with E-state index in [9.17, 15) is 9.90 Å². The van der Waals surface area contributed by atoms with Crippen LogP contribution in [-0.4, -0.2) is 23.2 Å². The number of aromatic nitrogens is 1. The van der Waals surface area contributed by atoms with Gasteiger partial charge in [0.1, 0.15) is 0 Å². The highest BCUT2D eigenvalue weighted by atomic mass is 16.5. The number of carbonyl (C=O) groups excluding carboxylic acids is 1. The minimum Gasteiger partial charge on any atom is -0.505 e. The number of aromatic hydroxyl groups is 1. The van der Waals surface area contributed by atoms with Crippen LogP contribution in [0.3, 0.4) is 0 Å². The summed E-state index contributed by atoms with van der Waals surface area (Å²) < 4.78 is 4.59. The van der Waals surface area contributed by atoms with Crippen molar-refractivity contribution in [3.05, 3.63) is 29.0 Å². The summed E-state index contributed by atoms with van der Waals surface area (Å²) in [6, 6.07) is 3.84. The number of rotatable bonds is 1. The van der Waals surface area contributed by atoms with E-state index in [-0.39, 0.29) is 11.4 Å². The summed E-state index contributed by atoms with van der Waals surface area (Å²) in [4.78, 5) is 14.3. The van der Waals surface area contributed by atoms with Crippen molar-refractivity contribution in [2.75, 3.05) is 7.11 Å². The summed E-state index contributed by atoms with van der Waals surface area (Å²) in [7, 11) is 1.28. The van der Waals surface area contributed by atoms with E-state index >= 15 is 0 Å². The molecule has 0 atom stereocenters. The molecule has 0 fully saturated rings. The first kappa shape index (κ1) is 10.5. The van der Waals surface area contributed by atoms with Crippen molar-refractivity contribution in [1.29, 1.82) is 0 Å². The Morgan fingerprint density at radius 1 is 1.38 bits per heavy atom. The number of benzene rings is 1. The van der Waals surface area contributed by atoms with E-state index in [0.717, 1.165) is 16.6 Å². The highest BCUT2D eigenvalue weighted by Crippen LogP contribution is 2.32. The Labute approximate surface area is 92.9 Å². The lowest BCUT2D eigenvalue weighted by Crippen LogP contribution is -2.01. The molecule has 1 aromatic heterocycles. The lowest BCUT2D eigenvalue weighted by Gasteiger charge is -1.99. The van der Waals surface area contributed by atoms with Gasteiger partial charge in [0.25, 0.3) is 0 Å². The number of nitrogens with one attached hydrogen (secondary N) is 1. The van der Waals surface area contributed by atoms with Crippen LogP contribution in [0.5, 0.6) is 5.75 Å². The molecule has 1 aromatic carbocycles. The normalized spacial score (nSPS) is 10.7. The van der Waals surface area contributed by atoms with Crippen molar-refractivity contribution in [1.82, 2.24) is 4.98 Å². The fourth-order valence-corrected chi connectivity index (χ4v) is 1.95. The second-order valence-corrected chi connectivity index (χ2v) is 3.84. The second kappa shape index (κ2) is 3.56. The lowest BCUT2D eigenvalue weighted by atomic mass is 10.1. The first-order valence-corrected chi connectivity index (χ1v) is 4.94. The van der Waals surface area contributed by atoms with Gasteiger partial charge in [-0.05, 0) is 31.0 Å². The van der Waals surface area contributed by atoms with E-state index in [1.165, 1.54) is 7.11 Å². The predicted molar refractivity (Wildman–Crippen MR) is 60.8 cm³/mol. The first-order chi connectivity index (χ1) is 7.54. The number of aryl methyl sites for hydroxylation is 2. The molecule has 1 heterocycles. The van der Waals surface area contributed by atoms with Crippen LogP contribution in [0.1, 0.15) is 21.6 Å². The number of H-pyrrole nitrogens is 1. The number of fused-ring (bicyclic) bond motifs is 1. The van der Waals surface area contributed by atoms with Gasteiger partial charge in [-0.2, -0.15) is 0 Å². The topological polar surface area (TPSA) is 62.3 Å². The number of aromatic amines is 1. The predicted octanol–water partition coefficient (Wildman–Crippen LogP) is 2.28. The molecule has 0 aliphatic rings. The van der Waals surface area contributed by atoms with Crippen molar-refractivity contribution in [3.63, 3.8) is 0 Å². The molecule has 2 N–H and O–H groups in total. The van der Waals surface area contributed by atoms with Crippen LogP contribution in [0, 0.1) is 13.8 Å². The fraction of sp³-hybridized carbons (Fsp3) is 0.250. The zero-order valence-electron chi connectivity index (χ0n) is 9.42. The second-order valence-electron chi connectivity index (χ2n) is 3.84. The molecule has 0 unspecified atom stereocenters. The van der Waals surface area contributed by atoms with E-state index in [0.29, 0.717) is 5.39 Å². The van der Waals surface area contributed by atoms with E-state index in [1.54, 1.807) is 0 Å². The highest BCUT2D eigenvalue weighted by Gasteiger charge is 2.18. The summed E-state index contributed by atoms with van der Waals surface area (Å²) in [5.41, 5.74) is 2.85. The molecule has 0 bridgehead atoms. The Balaban J connectivity index is 2.78. The average Bonchev–Trinajstić information content (AvgIpc) is 2.54. The number of hydrogen-bond acceptors (Lipinski definition) is 3. The zero-order valence-corrected chi connectivity index (χ0v) is 9.42. The van der Waals surface area contributed by atoms with Gasteiger partial charge in [-0.15, -0.1) is 0 Å². The molecular formula is C12H13NO3. The summed E-state index contributed by atoms with van der Waals surface area (Å²) in [5, 5.41) is 10.6. The van der Waals surface area contributed by atoms with Crippen LogP contribution in [0.2, 0.25) is 0 Å². The van der Waals surface area contributed by atoms with Gasteiger partial charge in [0.15, 0.2) is 11.4 Å². The molecule has 0 amide bonds. The van der Waals surface area contributed by atoms with Crippen molar-refractivity contribution in [3.8, 4) is 5.75 Å². The van der Waals surface area contributed by atoms with E-state index in [4.69, 9.17) is 0 Å². The molecule has 0 spiro atoms. The Hall–Kier alpha value is -1.97. The van der Waals surface area contributed by atoms with E-state index < -0.39 is 5.97 Å². The fourth-order valence-electron chi connectivity index (χ4n) is 1.95. The Morgan fingerprint density at radius 3 is 2.69 bits per heavy atom. The van der Waals surface area contributed by atoms with Crippen LogP contribution >= 0.6 is 0 Å². The monoisotopic (exact) mass is 219 g/mol. The standard InChI is InChI=1S/C12H13NO3/c1-6-4-7(2)9-8(5-6)13-10(11(9)14)12(15)16-3/h4-5,13-14H,1-3H3. The third-order valence-electron chi connectivity index (χ3n) is 2.60. The van der Waals surface area contributed by atoms with E-state index in [1.807, 2.05) is 26.0 Å². The van der Waals surface area contributed by atoms with Crippen molar-refractivity contribution in [2.24, 2.45) is 0 Å². The lowest BCUT2D eigenvalue weighted by molar-refractivity contribution is 0.0592. The van der Waals surface area contributed by atoms with E-state index in [2.05, 4.69) is 9.72 Å². The van der Waals surface area contributed by atoms with Crippen LogP contribution in [-0.2, 0) is 4.74 Å². The third-order valence-corrected chi connectivity index (χ3v) is 2.60. The molecule has 0 saturated heterocycles. The molecule has 16 heavy (non-hydrogen) atoms. The summed E-state index contributed by atoms with van der Waals surface area (Å²) in [6.45, 7) is 3.85. The van der Waals surface area contributed by atoms with Crippen LogP contribution in [0.4, 0.5) is 0 Å². The van der Waals surface area contributed by atoms with Gasteiger partial charge in [0.2, 0.25) is 0 Å². The molecule has 2 rings (SSSR count). The third kappa shape index (κ3) is 1.43. The number of esters is 1. The molecule has 0 radical (unpaired) electrons. The number of ether oxygens (including phenoxy) is 1. The van der Waals surface area contributed by atoms with Crippen LogP contribution < -0.4 is 0 Å². The minimum absolute atomic E-state index is 0.0423. The maximum absolute atomic E-state index is 11.4. The van der Waals surface area contributed by atoms with Crippen LogP contribution in [0.15, 0.2) is 12.1 Å². The van der Waals surface area contributed by atoms with Crippen molar-refractivity contribution < 1.29 is 14.6 Å². The summed E-state index contributed by atoms with van der Waals surface area (Å²) in [5.74, 6) is -0.606. The smallest absolute Gasteiger partial charge is 0.358 e. The van der Waals surface area contributed by atoms with Crippen molar-refractivity contribution in [2.45, 2.75) is 13.8 Å². The Morgan fingerprint density at radius 2 is 2.06 bits per heavy atom. The molecule has 4 heteroatoms. The van der Waals surface area contributed by atoms with Crippen LogP contribution in [0.25, 0.3) is 10.9 Å². The van der Waals surface area contributed by atoms with Gasteiger partial charge in [-0.25, -0.2) is 4.79 Å². The van der Waals surface area contributed by atoms with Gasteiger partial charge >= 0.3 is 5.97 Å². The van der Waals surface area contributed by atoms with Gasteiger partial charge in [0.05, 0.1) is 12.6 Å².